The van der Waals surface area contributed by atoms with E-state index in [-0.39, 0.29) is 6.42 Å². The van der Waals surface area contributed by atoms with Crippen molar-refractivity contribution < 1.29 is 29.0 Å². The van der Waals surface area contributed by atoms with Gasteiger partial charge in [-0.15, -0.1) is 0 Å². The van der Waals surface area contributed by atoms with Crippen LogP contribution in [0.3, 0.4) is 0 Å². The summed E-state index contributed by atoms with van der Waals surface area (Å²) in [6.07, 6.45) is -1.60. The molecule has 0 unspecified atom stereocenters. The van der Waals surface area contributed by atoms with E-state index in [0.29, 0.717) is 22.4 Å². The summed E-state index contributed by atoms with van der Waals surface area (Å²) in [5.41, 5.74) is 1.58. The molecule has 0 aliphatic heterocycles. The Bertz CT molecular complexity index is 1140. The number of hydrogen-bond acceptors (Lipinski definition) is 6. The topological polar surface area (TPSA) is 114 Å². The van der Waals surface area contributed by atoms with E-state index in [1.807, 2.05) is 0 Å². The quantitative estimate of drug-likeness (QED) is 0.387. The summed E-state index contributed by atoms with van der Waals surface area (Å²) < 4.78 is 10.2. The highest BCUT2D eigenvalue weighted by Crippen LogP contribution is 2.21. The second-order valence-electron chi connectivity index (χ2n) is 7.77. The van der Waals surface area contributed by atoms with E-state index in [1.165, 1.54) is 14.2 Å². The van der Waals surface area contributed by atoms with Crippen LogP contribution in [-0.2, 0) is 20.7 Å². The number of carbonyl (C=O) groups excluding carboxylic acids is 3. The smallest absolute Gasteiger partial charge is 0.328 e. The van der Waals surface area contributed by atoms with Gasteiger partial charge in [-0.1, -0.05) is 66.7 Å². The summed E-state index contributed by atoms with van der Waals surface area (Å²) in [4.78, 5) is 38.3. The molecule has 0 radical (unpaired) electrons. The van der Waals surface area contributed by atoms with Crippen molar-refractivity contribution >= 4 is 17.8 Å². The lowest BCUT2D eigenvalue weighted by Gasteiger charge is -2.26. The van der Waals surface area contributed by atoms with Crippen LogP contribution in [0.4, 0.5) is 0 Å². The Morgan fingerprint density at radius 2 is 1.43 bits per heavy atom. The highest BCUT2D eigenvalue weighted by molar-refractivity contribution is 5.95. The summed E-state index contributed by atoms with van der Waals surface area (Å²) in [6, 6.07) is 22.1. The van der Waals surface area contributed by atoms with Crippen molar-refractivity contribution in [1.82, 2.24) is 10.6 Å². The number of amides is 2. The zero-order valence-corrected chi connectivity index (χ0v) is 19.5. The molecule has 0 spiro atoms. The van der Waals surface area contributed by atoms with Crippen LogP contribution in [0.15, 0.2) is 84.9 Å². The number of methoxy groups -OCH3 is 2. The maximum absolute atomic E-state index is 13.1. The fourth-order valence-electron chi connectivity index (χ4n) is 3.65. The van der Waals surface area contributed by atoms with E-state index in [0.717, 1.165) is 0 Å². The van der Waals surface area contributed by atoms with E-state index in [9.17, 15) is 19.5 Å². The van der Waals surface area contributed by atoms with Crippen molar-refractivity contribution in [3.63, 3.8) is 0 Å². The summed E-state index contributed by atoms with van der Waals surface area (Å²) in [6.45, 7) is 0. The number of hydrogen-bond donors (Lipinski definition) is 3. The Morgan fingerprint density at radius 3 is 2.06 bits per heavy atom. The Morgan fingerprint density at radius 1 is 0.829 bits per heavy atom. The average molecular weight is 477 g/mol. The molecule has 0 saturated heterocycles. The molecule has 8 nitrogen and oxygen atoms in total. The molecule has 0 aliphatic rings. The number of nitrogens with one attached hydrogen (secondary N) is 2. The lowest BCUT2D eigenvalue weighted by atomic mass is 9.99. The number of carbonyl (C=O) groups is 3. The third-order valence-corrected chi connectivity index (χ3v) is 5.48. The van der Waals surface area contributed by atoms with Crippen LogP contribution in [0.5, 0.6) is 5.75 Å². The number of benzene rings is 3. The fraction of sp³-hybridized carbons (Fsp3) is 0.222. The standard InChI is InChI=1S/C27H28N2O6/c1-34-22-16-10-9-15-20(22)17-21(27(33)35-2)28-26(32)24(30)23(18-11-5-3-6-12-18)29-25(31)19-13-7-4-8-14-19/h3-16,21,23-24,30H,17H2,1-2H3,(H,28,32)(H,29,31)/t21-,23+,24-/m1/s1. The number of aliphatic hydroxyl groups excluding tert-OH is 1. The van der Waals surface area contributed by atoms with Gasteiger partial charge in [0.2, 0.25) is 0 Å². The van der Waals surface area contributed by atoms with Gasteiger partial charge in [-0.2, -0.15) is 0 Å². The molecule has 3 N–H and O–H groups in total. The van der Waals surface area contributed by atoms with E-state index >= 15 is 0 Å². The van der Waals surface area contributed by atoms with Crippen LogP contribution in [0.25, 0.3) is 0 Å². The minimum atomic E-state index is -1.69. The van der Waals surface area contributed by atoms with Crippen LogP contribution in [0.2, 0.25) is 0 Å². The molecule has 0 aromatic heterocycles. The van der Waals surface area contributed by atoms with Gasteiger partial charge < -0.3 is 25.2 Å². The van der Waals surface area contributed by atoms with E-state index in [2.05, 4.69) is 10.6 Å². The van der Waals surface area contributed by atoms with Crippen molar-refractivity contribution in [2.45, 2.75) is 24.6 Å². The van der Waals surface area contributed by atoms with Gasteiger partial charge >= 0.3 is 5.97 Å². The van der Waals surface area contributed by atoms with Crippen LogP contribution in [0, 0.1) is 0 Å². The zero-order chi connectivity index (χ0) is 25.2. The molecule has 8 heteroatoms. The molecule has 35 heavy (non-hydrogen) atoms. The van der Waals surface area contributed by atoms with Gasteiger partial charge in [-0.05, 0) is 29.3 Å². The lowest BCUT2D eigenvalue weighted by Crippen LogP contribution is -2.51. The predicted molar refractivity (Wildman–Crippen MR) is 130 cm³/mol. The number of aliphatic hydroxyl groups is 1. The fourth-order valence-corrected chi connectivity index (χ4v) is 3.65. The first-order valence-corrected chi connectivity index (χ1v) is 11.0. The Kier molecular flexibility index (Phi) is 8.97. The van der Waals surface area contributed by atoms with Crippen molar-refractivity contribution in [2.24, 2.45) is 0 Å². The molecule has 2 amide bonds. The lowest BCUT2D eigenvalue weighted by molar-refractivity contribution is -0.146. The number of esters is 1. The summed E-state index contributed by atoms with van der Waals surface area (Å²) in [5.74, 6) is -1.42. The van der Waals surface area contributed by atoms with E-state index in [4.69, 9.17) is 9.47 Å². The van der Waals surface area contributed by atoms with Gasteiger partial charge in [0, 0.05) is 12.0 Å². The van der Waals surface area contributed by atoms with Gasteiger partial charge in [0.25, 0.3) is 11.8 Å². The number of rotatable bonds is 10. The van der Waals surface area contributed by atoms with Crippen molar-refractivity contribution in [1.29, 1.82) is 0 Å². The molecule has 182 valence electrons. The van der Waals surface area contributed by atoms with Gasteiger partial charge in [-0.3, -0.25) is 9.59 Å². The molecule has 3 aromatic carbocycles. The number of para-hydroxylation sites is 1. The molecule has 0 heterocycles. The highest BCUT2D eigenvalue weighted by atomic mass is 16.5. The van der Waals surface area contributed by atoms with Crippen LogP contribution >= 0.6 is 0 Å². The SMILES string of the molecule is COC(=O)[C@@H](Cc1ccccc1OC)NC(=O)[C@H](O)[C@@H](NC(=O)c1ccccc1)c1ccccc1. The van der Waals surface area contributed by atoms with Gasteiger partial charge in [-0.25, -0.2) is 4.79 Å². The van der Waals surface area contributed by atoms with Crippen LogP contribution in [-0.4, -0.2) is 49.3 Å². The molecular formula is C27H28N2O6. The van der Waals surface area contributed by atoms with Gasteiger partial charge in [0.05, 0.1) is 20.3 Å². The van der Waals surface area contributed by atoms with Crippen LogP contribution < -0.4 is 15.4 Å². The highest BCUT2D eigenvalue weighted by Gasteiger charge is 2.33. The molecule has 3 aromatic rings. The maximum Gasteiger partial charge on any atom is 0.328 e. The largest absolute Gasteiger partial charge is 0.496 e. The van der Waals surface area contributed by atoms with E-state index < -0.39 is 36.0 Å². The minimum absolute atomic E-state index is 0.0848. The molecule has 3 atom stereocenters. The predicted octanol–water partition coefficient (Wildman–Crippen LogP) is 2.43. The first-order chi connectivity index (χ1) is 16.9. The molecule has 0 bridgehead atoms. The minimum Gasteiger partial charge on any atom is -0.496 e. The Hall–Kier alpha value is -4.17. The third kappa shape index (κ3) is 6.68. The number of ether oxygens (including phenoxy) is 2. The van der Waals surface area contributed by atoms with Crippen molar-refractivity contribution in [3.05, 3.63) is 102 Å². The zero-order valence-electron chi connectivity index (χ0n) is 19.5. The molecule has 3 rings (SSSR count). The third-order valence-electron chi connectivity index (χ3n) is 5.48. The molecular weight excluding hydrogens is 448 g/mol. The summed E-state index contributed by atoms with van der Waals surface area (Å²) in [7, 11) is 2.72. The second kappa shape index (κ2) is 12.3. The summed E-state index contributed by atoms with van der Waals surface area (Å²) >= 11 is 0. The Balaban J connectivity index is 1.82. The van der Waals surface area contributed by atoms with Crippen molar-refractivity contribution in [2.75, 3.05) is 14.2 Å². The summed E-state index contributed by atoms with van der Waals surface area (Å²) in [5, 5.41) is 16.3. The van der Waals surface area contributed by atoms with Gasteiger partial charge in [0.15, 0.2) is 6.10 Å². The molecule has 0 saturated carbocycles. The average Bonchev–Trinajstić information content (AvgIpc) is 2.91. The normalized spacial score (nSPS) is 13.1. The molecule has 0 fully saturated rings. The van der Waals surface area contributed by atoms with Crippen molar-refractivity contribution in [3.8, 4) is 5.75 Å². The second-order valence-corrected chi connectivity index (χ2v) is 7.77. The van der Waals surface area contributed by atoms with E-state index in [1.54, 1.807) is 84.9 Å². The monoisotopic (exact) mass is 476 g/mol. The van der Waals surface area contributed by atoms with Crippen LogP contribution in [0.1, 0.15) is 27.5 Å². The first-order valence-electron chi connectivity index (χ1n) is 11.0. The first kappa shape index (κ1) is 25.5. The Labute approximate surface area is 203 Å². The van der Waals surface area contributed by atoms with Gasteiger partial charge in [0.1, 0.15) is 11.8 Å². The molecule has 0 aliphatic carbocycles. The maximum atomic E-state index is 13.1.